The van der Waals surface area contributed by atoms with E-state index in [4.69, 9.17) is 9.05 Å². The fourth-order valence-electron chi connectivity index (χ4n) is 6.46. The number of quaternary nitrogens is 1. The average Bonchev–Trinajstić information content (AvgIpc) is 3.19. The van der Waals surface area contributed by atoms with Crippen molar-refractivity contribution in [3.63, 3.8) is 0 Å². The Labute approximate surface area is 364 Å². The molecule has 0 spiro atoms. The van der Waals surface area contributed by atoms with Crippen LogP contribution in [0.1, 0.15) is 187 Å². The van der Waals surface area contributed by atoms with Crippen LogP contribution in [0.15, 0.2) is 72.9 Å². The second-order valence-corrected chi connectivity index (χ2v) is 18.6. The fraction of sp³-hybridized carbons (Fsp3) is 0.740. The first-order valence-corrected chi connectivity index (χ1v) is 25.3. The van der Waals surface area contributed by atoms with Gasteiger partial charge >= 0.3 is 7.82 Å². The molecule has 0 fully saturated rings. The van der Waals surface area contributed by atoms with Crippen molar-refractivity contribution in [3.05, 3.63) is 72.9 Å². The zero-order valence-corrected chi connectivity index (χ0v) is 39.6. The minimum atomic E-state index is -4.33. The van der Waals surface area contributed by atoms with Gasteiger partial charge in [0.05, 0.1) is 39.9 Å². The normalized spacial score (nSPS) is 14.9. The number of hydrogen-bond donors (Lipinski definition) is 3. The number of nitrogens with zero attached hydrogens (tertiary/aromatic N) is 1. The zero-order chi connectivity index (χ0) is 43.6. The molecule has 0 saturated heterocycles. The number of unbranched alkanes of at least 4 members (excludes halogenated alkanes) is 17. The lowest BCUT2D eigenvalue weighted by molar-refractivity contribution is -0.870. The maximum atomic E-state index is 12.9. The van der Waals surface area contributed by atoms with Crippen LogP contribution in [0.3, 0.4) is 0 Å². The van der Waals surface area contributed by atoms with Crippen LogP contribution < -0.4 is 5.32 Å². The van der Waals surface area contributed by atoms with Crippen LogP contribution in [0.2, 0.25) is 0 Å². The number of amides is 1. The van der Waals surface area contributed by atoms with Gasteiger partial charge in [0.25, 0.3) is 0 Å². The lowest BCUT2D eigenvalue weighted by Gasteiger charge is -2.26. The van der Waals surface area contributed by atoms with Crippen LogP contribution in [-0.2, 0) is 18.4 Å². The van der Waals surface area contributed by atoms with E-state index in [-0.39, 0.29) is 19.1 Å². The summed E-state index contributed by atoms with van der Waals surface area (Å²) in [6.07, 6.45) is 55.0. The molecule has 0 heterocycles. The number of allylic oxidation sites excluding steroid dienone is 12. The summed E-state index contributed by atoms with van der Waals surface area (Å²) in [5.41, 5.74) is 0. The van der Waals surface area contributed by atoms with Gasteiger partial charge in [-0.1, -0.05) is 189 Å². The molecule has 3 N–H and O–H groups in total. The highest BCUT2D eigenvalue weighted by Crippen LogP contribution is 2.43. The molecule has 9 heteroatoms. The Morgan fingerprint density at radius 2 is 1.02 bits per heavy atom. The molecule has 0 bridgehead atoms. The Morgan fingerprint density at radius 3 is 1.46 bits per heavy atom. The molecule has 0 aliphatic rings. The standard InChI is InChI=1S/C50H91N2O6P/c1-6-8-10-12-14-16-18-20-22-24-25-26-27-28-30-32-34-36-38-40-42-44-50(54)51-48(47-58-59(55,56)57-46-45-52(3,4)5)49(53)43-41-39-37-35-33-31-29-23-21-19-17-15-13-11-9-7-2/h8,10,14,16,20,22,25-26,28,30,34,36,48-49,53H,6-7,9,11-13,15,17-19,21,23-24,27,29,31-33,35,37-47H2,1-5H3,(H-,51,54,55,56)/p+1/b10-8-,16-14-,22-20-,26-25-,30-28-,36-34-. The second kappa shape index (κ2) is 41.3. The first kappa shape index (κ1) is 56.9. The number of phosphoric ester groups is 1. The van der Waals surface area contributed by atoms with Crippen molar-refractivity contribution < 1.29 is 32.9 Å². The smallest absolute Gasteiger partial charge is 0.391 e. The molecule has 3 atom stereocenters. The van der Waals surface area contributed by atoms with Crippen molar-refractivity contribution >= 4 is 13.7 Å². The Bertz CT molecular complexity index is 1190. The molecular weight excluding hydrogens is 756 g/mol. The monoisotopic (exact) mass is 848 g/mol. The molecule has 0 aromatic rings. The average molecular weight is 848 g/mol. The molecule has 0 aromatic heterocycles. The second-order valence-electron chi connectivity index (χ2n) is 17.1. The van der Waals surface area contributed by atoms with Crippen molar-refractivity contribution in [1.82, 2.24) is 5.32 Å². The first-order chi connectivity index (χ1) is 28.5. The molecule has 0 saturated carbocycles. The Kier molecular flexibility index (Phi) is 39.9. The zero-order valence-electron chi connectivity index (χ0n) is 38.7. The number of aliphatic hydroxyl groups excluding tert-OH is 1. The van der Waals surface area contributed by atoms with Gasteiger partial charge in [0.1, 0.15) is 13.2 Å². The third kappa shape index (κ3) is 43.8. The molecule has 3 unspecified atom stereocenters. The van der Waals surface area contributed by atoms with Crippen molar-refractivity contribution in [2.45, 2.75) is 199 Å². The number of phosphoric acid groups is 1. The summed E-state index contributed by atoms with van der Waals surface area (Å²) in [6, 6.07) is -0.787. The number of hydrogen-bond acceptors (Lipinski definition) is 5. The molecule has 0 radical (unpaired) electrons. The van der Waals surface area contributed by atoms with Crippen molar-refractivity contribution in [3.8, 4) is 0 Å². The summed E-state index contributed by atoms with van der Waals surface area (Å²) in [4.78, 5) is 23.2. The van der Waals surface area contributed by atoms with E-state index in [9.17, 15) is 19.4 Å². The van der Waals surface area contributed by atoms with E-state index in [0.717, 1.165) is 70.6 Å². The molecule has 0 aromatic carbocycles. The van der Waals surface area contributed by atoms with Crippen LogP contribution in [0.4, 0.5) is 0 Å². The maximum Gasteiger partial charge on any atom is 0.472 e. The SMILES string of the molecule is CC/C=C\C/C=C\C/C=C\C/C=C\C/C=C\C/C=C\CCCCC(=O)NC(COP(=O)(O)OCC[N+](C)(C)C)C(O)CCCCCCCCCCCCCCCCCC. The van der Waals surface area contributed by atoms with Gasteiger partial charge in [0, 0.05) is 6.42 Å². The molecule has 59 heavy (non-hydrogen) atoms. The highest BCUT2D eigenvalue weighted by molar-refractivity contribution is 7.47. The summed E-state index contributed by atoms with van der Waals surface area (Å²) >= 11 is 0. The van der Waals surface area contributed by atoms with Crippen molar-refractivity contribution in [1.29, 1.82) is 0 Å². The highest BCUT2D eigenvalue weighted by atomic mass is 31.2. The predicted octanol–water partition coefficient (Wildman–Crippen LogP) is 13.6. The number of aliphatic hydroxyl groups is 1. The molecular formula is C50H92N2O6P+. The number of nitrogens with one attached hydrogen (secondary N) is 1. The van der Waals surface area contributed by atoms with Gasteiger partial charge < -0.3 is 19.8 Å². The van der Waals surface area contributed by atoms with E-state index >= 15 is 0 Å². The Morgan fingerprint density at radius 1 is 0.593 bits per heavy atom. The summed E-state index contributed by atoms with van der Waals surface area (Å²) in [7, 11) is 1.58. The lowest BCUT2D eigenvalue weighted by Crippen LogP contribution is -2.46. The molecule has 342 valence electrons. The summed E-state index contributed by atoms with van der Waals surface area (Å²) in [5, 5.41) is 14.0. The number of carbonyl (C=O) groups is 1. The van der Waals surface area contributed by atoms with E-state index in [2.05, 4.69) is 92.1 Å². The first-order valence-electron chi connectivity index (χ1n) is 23.8. The number of likely N-dealkylation sites (N-methyl/N-ethyl adjacent to an activating group) is 1. The fourth-order valence-corrected chi connectivity index (χ4v) is 7.20. The van der Waals surface area contributed by atoms with Gasteiger partial charge in [-0.3, -0.25) is 13.8 Å². The van der Waals surface area contributed by atoms with E-state index in [0.29, 0.717) is 30.3 Å². The van der Waals surface area contributed by atoms with Crippen LogP contribution in [0.5, 0.6) is 0 Å². The quantitative estimate of drug-likeness (QED) is 0.0245. The topological polar surface area (TPSA) is 105 Å². The van der Waals surface area contributed by atoms with Crippen molar-refractivity contribution in [2.24, 2.45) is 0 Å². The van der Waals surface area contributed by atoms with Crippen LogP contribution in [0, 0.1) is 0 Å². The Balaban J connectivity index is 4.43. The van der Waals surface area contributed by atoms with Crippen LogP contribution in [-0.4, -0.2) is 73.4 Å². The van der Waals surface area contributed by atoms with E-state index < -0.39 is 20.0 Å². The minimum absolute atomic E-state index is 0.0623. The number of carbonyl (C=O) groups excluding carboxylic acids is 1. The van der Waals surface area contributed by atoms with Crippen LogP contribution in [0.25, 0.3) is 0 Å². The Hall–Kier alpha value is -2.06. The third-order valence-electron chi connectivity index (χ3n) is 10.2. The summed E-state index contributed by atoms with van der Waals surface area (Å²) < 4.78 is 23.6. The van der Waals surface area contributed by atoms with E-state index in [1.54, 1.807) is 0 Å². The van der Waals surface area contributed by atoms with Crippen LogP contribution >= 0.6 is 7.82 Å². The van der Waals surface area contributed by atoms with Gasteiger partial charge in [-0.25, -0.2) is 4.57 Å². The molecule has 0 rings (SSSR count). The summed E-state index contributed by atoms with van der Waals surface area (Å²) in [6.45, 7) is 4.73. The van der Waals surface area contributed by atoms with Gasteiger partial charge in [0.2, 0.25) is 5.91 Å². The molecule has 0 aliphatic carbocycles. The van der Waals surface area contributed by atoms with Gasteiger partial charge in [-0.2, -0.15) is 0 Å². The van der Waals surface area contributed by atoms with Crippen molar-refractivity contribution in [2.75, 3.05) is 40.9 Å². The van der Waals surface area contributed by atoms with Gasteiger partial charge in [-0.15, -0.1) is 0 Å². The maximum absolute atomic E-state index is 12.9. The van der Waals surface area contributed by atoms with E-state index in [1.165, 1.54) is 83.5 Å². The lowest BCUT2D eigenvalue weighted by atomic mass is 10.0. The minimum Gasteiger partial charge on any atom is -0.391 e. The molecule has 1 amide bonds. The molecule has 8 nitrogen and oxygen atoms in total. The predicted molar refractivity (Wildman–Crippen MR) is 253 cm³/mol. The summed E-state index contributed by atoms with van der Waals surface area (Å²) in [5.74, 6) is -0.189. The van der Waals surface area contributed by atoms with E-state index in [1.807, 2.05) is 21.1 Å². The third-order valence-corrected chi connectivity index (χ3v) is 11.2. The van der Waals surface area contributed by atoms with Gasteiger partial charge in [0.15, 0.2) is 0 Å². The highest BCUT2D eigenvalue weighted by Gasteiger charge is 2.28. The number of rotatable bonds is 42. The molecule has 0 aliphatic heterocycles. The van der Waals surface area contributed by atoms with Gasteiger partial charge in [-0.05, 0) is 64.2 Å². The largest absolute Gasteiger partial charge is 0.472 e.